The number of para-hydroxylation sites is 1. The first-order chi connectivity index (χ1) is 10.8. The monoisotopic (exact) mass is 297 g/mol. The molecule has 22 heavy (non-hydrogen) atoms. The number of likely N-dealkylation sites (tertiary alicyclic amines) is 1. The van der Waals surface area contributed by atoms with Crippen molar-refractivity contribution in [3.63, 3.8) is 0 Å². The zero-order chi connectivity index (χ0) is 15.2. The summed E-state index contributed by atoms with van der Waals surface area (Å²) in [7, 11) is 0. The molecule has 1 aliphatic heterocycles. The molecule has 1 aliphatic rings. The molecule has 0 unspecified atom stereocenters. The van der Waals surface area contributed by atoms with Crippen molar-refractivity contribution in [3.8, 4) is 0 Å². The maximum atomic E-state index is 12.2. The molecule has 1 aromatic carbocycles. The molecular formula is C18H23N3O. The van der Waals surface area contributed by atoms with Gasteiger partial charge in [-0.3, -0.25) is 4.79 Å². The van der Waals surface area contributed by atoms with Gasteiger partial charge >= 0.3 is 0 Å². The summed E-state index contributed by atoms with van der Waals surface area (Å²) in [6.45, 7) is 3.93. The van der Waals surface area contributed by atoms with Gasteiger partial charge in [-0.15, -0.1) is 0 Å². The zero-order valence-electron chi connectivity index (χ0n) is 12.9. The average molecular weight is 297 g/mol. The fourth-order valence-electron chi connectivity index (χ4n) is 2.97. The highest BCUT2D eigenvalue weighted by Gasteiger charge is 2.11. The lowest BCUT2D eigenvalue weighted by Gasteiger charge is -2.19. The zero-order valence-corrected chi connectivity index (χ0v) is 12.9. The third kappa shape index (κ3) is 3.83. The molecule has 1 fully saturated rings. The summed E-state index contributed by atoms with van der Waals surface area (Å²) in [5.41, 5.74) is 1.36. The minimum atomic E-state index is -0.0828. The molecule has 0 spiro atoms. The Kier molecular flexibility index (Phi) is 5.01. The largest absolute Gasteiger partial charge is 0.349 e. The summed E-state index contributed by atoms with van der Waals surface area (Å²) >= 11 is 0. The van der Waals surface area contributed by atoms with E-state index in [1.165, 1.54) is 25.7 Å². The van der Waals surface area contributed by atoms with Crippen LogP contribution in [-0.2, 0) is 0 Å². The normalized spacial score (nSPS) is 16.4. The maximum absolute atomic E-state index is 12.2. The molecular weight excluding hydrogens is 274 g/mol. The van der Waals surface area contributed by atoms with Crippen molar-refractivity contribution in [1.82, 2.24) is 15.2 Å². The van der Waals surface area contributed by atoms with Crippen molar-refractivity contribution in [3.05, 3.63) is 42.1 Å². The van der Waals surface area contributed by atoms with Crippen LogP contribution in [0.2, 0.25) is 0 Å². The number of nitrogens with one attached hydrogen (secondary N) is 1. The van der Waals surface area contributed by atoms with E-state index in [0.717, 1.165) is 30.5 Å². The molecule has 2 heterocycles. The fraction of sp³-hybridized carbons (Fsp3) is 0.444. The van der Waals surface area contributed by atoms with Crippen LogP contribution in [0, 0.1) is 0 Å². The second kappa shape index (κ2) is 7.36. The maximum Gasteiger partial charge on any atom is 0.269 e. The first-order valence-corrected chi connectivity index (χ1v) is 8.19. The van der Waals surface area contributed by atoms with Crippen LogP contribution in [0.5, 0.6) is 0 Å². The van der Waals surface area contributed by atoms with Gasteiger partial charge in [-0.1, -0.05) is 37.1 Å². The number of carbonyl (C=O) groups excluding carboxylic acids is 1. The van der Waals surface area contributed by atoms with Crippen LogP contribution in [-0.4, -0.2) is 42.0 Å². The summed E-state index contributed by atoms with van der Waals surface area (Å²) in [6.07, 6.45) is 5.23. The minimum absolute atomic E-state index is 0.0828. The molecule has 0 radical (unpaired) electrons. The summed E-state index contributed by atoms with van der Waals surface area (Å²) in [6, 6.07) is 11.6. The summed E-state index contributed by atoms with van der Waals surface area (Å²) in [5.74, 6) is -0.0828. The molecule has 2 aromatic rings. The first kappa shape index (κ1) is 15.0. The predicted octanol–water partition coefficient (Wildman–Crippen LogP) is 2.84. The van der Waals surface area contributed by atoms with Gasteiger partial charge in [0.1, 0.15) is 5.69 Å². The van der Waals surface area contributed by atoms with Gasteiger partial charge in [0.25, 0.3) is 5.91 Å². The second-order valence-electron chi connectivity index (χ2n) is 5.90. The Bertz CT molecular complexity index is 633. The molecule has 4 nitrogen and oxygen atoms in total. The third-order valence-electron chi connectivity index (χ3n) is 4.24. The quantitative estimate of drug-likeness (QED) is 0.944. The number of rotatable bonds is 4. The Labute approximate surface area is 131 Å². The van der Waals surface area contributed by atoms with Gasteiger partial charge in [-0.25, -0.2) is 4.98 Å². The van der Waals surface area contributed by atoms with Crippen molar-refractivity contribution >= 4 is 16.8 Å². The highest BCUT2D eigenvalue weighted by molar-refractivity contribution is 5.94. The Hall–Kier alpha value is -1.94. The molecule has 1 amide bonds. The second-order valence-corrected chi connectivity index (χ2v) is 5.90. The van der Waals surface area contributed by atoms with Crippen molar-refractivity contribution in [2.24, 2.45) is 0 Å². The SMILES string of the molecule is O=C(NCCN1CCCCCC1)c1ccc2ccccc2n1. The van der Waals surface area contributed by atoms with Gasteiger partial charge in [0.05, 0.1) is 5.52 Å². The van der Waals surface area contributed by atoms with E-state index in [4.69, 9.17) is 0 Å². The lowest BCUT2D eigenvalue weighted by molar-refractivity contribution is 0.0944. The highest BCUT2D eigenvalue weighted by Crippen LogP contribution is 2.12. The number of fused-ring (bicyclic) bond motifs is 1. The van der Waals surface area contributed by atoms with Crippen LogP contribution in [0.4, 0.5) is 0 Å². The minimum Gasteiger partial charge on any atom is -0.349 e. The molecule has 3 rings (SSSR count). The van der Waals surface area contributed by atoms with Crippen LogP contribution in [0.15, 0.2) is 36.4 Å². The van der Waals surface area contributed by atoms with Gasteiger partial charge in [0, 0.05) is 18.5 Å². The lowest BCUT2D eigenvalue weighted by atomic mass is 10.2. The molecule has 0 atom stereocenters. The Balaban J connectivity index is 1.54. The van der Waals surface area contributed by atoms with Crippen LogP contribution >= 0.6 is 0 Å². The van der Waals surface area contributed by atoms with Gasteiger partial charge in [0.2, 0.25) is 0 Å². The van der Waals surface area contributed by atoms with Crippen molar-refractivity contribution in [1.29, 1.82) is 0 Å². The lowest BCUT2D eigenvalue weighted by Crippen LogP contribution is -2.35. The summed E-state index contributed by atoms with van der Waals surface area (Å²) in [5, 5.41) is 4.05. The fourth-order valence-corrected chi connectivity index (χ4v) is 2.97. The van der Waals surface area contributed by atoms with Gasteiger partial charge in [-0.2, -0.15) is 0 Å². The van der Waals surface area contributed by atoms with E-state index in [1.807, 2.05) is 30.3 Å². The molecule has 0 aliphatic carbocycles. The summed E-state index contributed by atoms with van der Waals surface area (Å²) in [4.78, 5) is 19.1. The van der Waals surface area contributed by atoms with Gasteiger partial charge in [-0.05, 0) is 38.1 Å². The van der Waals surface area contributed by atoms with Crippen molar-refractivity contribution in [2.45, 2.75) is 25.7 Å². The van der Waals surface area contributed by atoms with E-state index in [9.17, 15) is 4.79 Å². The Morgan fingerprint density at radius 1 is 1.05 bits per heavy atom. The van der Waals surface area contributed by atoms with E-state index >= 15 is 0 Å². The molecule has 1 aromatic heterocycles. The number of hydrogen-bond donors (Lipinski definition) is 1. The first-order valence-electron chi connectivity index (χ1n) is 8.19. The van der Waals surface area contributed by atoms with E-state index in [-0.39, 0.29) is 5.91 Å². The van der Waals surface area contributed by atoms with Crippen LogP contribution in [0.1, 0.15) is 36.2 Å². The Morgan fingerprint density at radius 2 is 1.82 bits per heavy atom. The van der Waals surface area contributed by atoms with E-state index in [1.54, 1.807) is 6.07 Å². The number of aromatic nitrogens is 1. The average Bonchev–Trinajstić information content (AvgIpc) is 2.83. The number of nitrogens with zero attached hydrogens (tertiary/aromatic N) is 2. The molecule has 0 saturated carbocycles. The molecule has 1 saturated heterocycles. The van der Waals surface area contributed by atoms with Crippen molar-refractivity contribution < 1.29 is 4.79 Å². The summed E-state index contributed by atoms with van der Waals surface area (Å²) < 4.78 is 0. The van der Waals surface area contributed by atoms with Gasteiger partial charge < -0.3 is 10.2 Å². The van der Waals surface area contributed by atoms with Crippen LogP contribution < -0.4 is 5.32 Å². The smallest absolute Gasteiger partial charge is 0.269 e. The van der Waals surface area contributed by atoms with Crippen LogP contribution in [0.3, 0.4) is 0 Å². The van der Waals surface area contributed by atoms with E-state index in [2.05, 4.69) is 15.2 Å². The molecule has 4 heteroatoms. The molecule has 116 valence electrons. The van der Waals surface area contributed by atoms with Gasteiger partial charge in [0.15, 0.2) is 0 Å². The van der Waals surface area contributed by atoms with Crippen molar-refractivity contribution in [2.75, 3.05) is 26.2 Å². The number of hydrogen-bond acceptors (Lipinski definition) is 3. The molecule has 0 bridgehead atoms. The highest BCUT2D eigenvalue weighted by atomic mass is 16.1. The standard InChI is InChI=1S/C18H23N3O/c22-18(19-11-14-21-12-5-1-2-6-13-21)17-10-9-15-7-3-4-8-16(15)20-17/h3-4,7-10H,1-2,5-6,11-14H2,(H,19,22). The number of amides is 1. The van der Waals surface area contributed by atoms with E-state index in [0.29, 0.717) is 12.2 Å². The number of benzene rings is 1. The predicted molar refractivity (Wildman–Crippen MR) is 89.0 cm³/mol. The topological polar surface area (TPSA) is 45.2 Å². The number of carbonyl (C=O) groups is 1. The third-order valence-corrected chi connectivity index (χ3v) is 4.24. The van der Waals surface area contributed by atoms with Crippen LogP contribution in [0.25, 0.3) is 10.9 Å². The van der Waals surface area contributed by atoms with E-state index < -0.39 is 0 Å². The molecule has 1 N–H and O–H groups in total. The Morgan fingerprint density at radius 3 is 2.64 bits per heavy atom. The number of pyridine rings is 1.